The number of hydrogen-bond acceptors (Lipinski definition) is 2. The quantitative estimate of drug-likeness (QED) is 0.860. The van der Waals surface area contributed by atoms with Crippen LogP contribution in [-0.2, 0) is 0 Å². The molecular formula is C18H25NO. The molecule has 0 spiro atoms. The van der Waals surface area contributed by atoms with Gasteiger partial charge in [0.15, 0.2) is 0 Å². The molecule has 1 unspecified atom stereocenters. The molecule has 108 valence electrons. The van der Waals surface area contributed by atoms with Crippen molar-refractivity contribution in [1.29, 1.82) is 0 Å². The van der Waals surface area contributed by atoms with E-state index in [4.69, 9.17) is 0 Å². The maximum atomic E-state index is 10.5. The first kappa shape index (κ1) is 14.9. The molecule has 1 N–H and O–H groups in total. The molecule has 2 aromatic carbocycles. The fourth-order valence-corrected chi connectivity index (χ4v) is 2.50. The normalized spacial score (nSPS) is 13.3. The Morgan fingerprint density at radius 2 is 1.75 bits per heavy atom. The zero-order valence-electron chi connectivity index (χ0n) is 12.9. The summed E-state index contributed by atoms with van der Waals surface area (Å²) < 4.78 is 0. The van der Waals surface area contributed by atoms with Gasteiger partial charge in [0, 0.05) is 17.0 Å². The van der Waals surface area contributed by atoms with Crippen LogP contribution in [0.3, 0.4) is 0 Å². The zero-order chi connectivity index (χ0) is 14.7. The molecule has 2 rings (SSSR count). The molecule has 0 aliphatic carbocycles. The Bertz CT molecular complexity index is 577. The largest absolute Gasteiger partial charge is 0.507 e. The maximum absolute atomic E-state index is 10.5. The first-order chi connectivity index (χ1) is 9.50. The predicted octanol–water partition coefficient (Wildman–Crippen LogP) is 4.58. The Balaban J connectivity index is 2.25. The van der Waals surface area contributed by atoms with Gasteiger partial charge in [-0.05, 0) is 38.2 Å². The molecule has 0 amide bonds. The Hall–Kier alpha value is -1.54. The summed E-state index contributed by atoms with van der Waals surface area (Å²) in [7, 11) is 2.13. The molecule has 0 aromatic heterocycles. The average molecular weight is 271 g/mol. The van der Waals surface area contributed by atoms with Gasteiger partial charge in [-0.3, -0.25) is 4.90 Å². The lowest BCUT2D eigenvalue weighted by atomic mass is 10.00. The smallest absolute Gasteiger partial charge is 0.128 e. The minimum atomic E-state index is 0.221. The minimum absolute atomic E-state index is 0.221. The summed E-state index contributed by atoms with van der Waals surface area (Å²) in [6, 6.07) is 12.4. The summed E-state index contributed by atoms with van der Waals surface area (Å²) in [6.45, 7) is 7.69. The molecule has 2 aromatic rings. The standard InChI is InChI=1S/C18H25NO/c1-13(2)11-12-19(4)14(3)16-10-9-15-7-5-6-8-17(15)18(16)20/h5-10,13-14,20H,11-12H2,1-4H3. The van der Waals surface area contributed by atoms with Gasteiger partial charge < -0.3 is 5.11 Å². The van der Waals surface area contributed by atoms with Crippen molar-refractivity contribution in [3.8, 4) is 5.75 Å². The molecule has 0 radical (unpaired) electrons. The Labute approximate surface area is 122 Å². The maximum Gasteiger partial charge on any atom is 0.128 e. The van der Waals surface area contributed by atoms with Crippen molar-refractivity contribution in [3.05, 3.63) is 42.0 Å². The Morgan fingerprint density at radius 3 is 2.45 bits per heavy atom. The van der Waals surface area contributed by atoms with E-state index in [-0.39, 0.29) is 6.04 Å². The first-order valence-electron chi connectivity index (χ1n) is 7.41. The van der Waals surface area contributed by atoms with Gasteiger partial charge in [-0.1, -0.05) is 50.2 Å². The summed E-state index contributed by atoms with van der Waals surface area (Å²) in [5.74, 6) is 1.13. The van der Waals surface area contributed by atoms with E-state index in [1.807, 2.05) is 30.3 Å². The van der Waals surface area contributed by atoms with Crippen LogP contribution in [-0.4, -0.2) is 23.6 Å². The van der Waals surface area contributed by atoms with Crippen LogP contribution in [0.25, 0.3) is 10.8 Å². The fraction of sp³-hybridized carbons (Fsp3) is 0.444. The van der Waals surface area contributed by atoms with Crippen LogP contribution in [0.4, 0.5) is 0 Å². The SMILES string of the molecule is CC(C)CCN(C)C(C)c1ccc2ccccc2c1O. The van der Waals surface area contributed by atoms with Gasteiger partial charge in [0.05, 0.1) is 0 Å². The summed E-state index contributed by atoms with van der Waals surface area (Å²) in [4.78, 5) is 2.31. The summed E-state index contributed by atoms with van der Waals surface area (Å²) in [5, 5.41) is 12.5. The van der Waals surface area contributed by atoms with Crippen molar-refractivity contribution in [3.63, 3.8) is 0 Å². The predicted molar refractivity (Wildman–Crippen MR) is 86.1 cm³/mol. The van der Waals surface area contributed by atoms with E-state index in [1.54, 1.807) is 0 Å². The number of rotatable bonds is 5. The van der Waals surface area contributed by atoms with Gasteiger partial charge in [-0.15, -0.1) is 0 Å². The van der Waals surface area contributed by atoms with E-state index in [9.17, 15) is 5.11 Å². The first-order valence-corrected chi connectivity index (χ1v) is 7.41. The van der Waals surface area contributed by atoms with Gasteiger partial charge in [0.2, 0.25) is 0 Å². The van der Waals surface area contributed by atoms with E-state index in [2.05, 4.69) is 38.8 Å². The monoisotopic (exact) mass is 271 g/mol. The highest BCUT2D eigenvalue weighted by atomic mass is 16.3. The van der Waals surface area contributed by atoms with Gasteiger partial charge in [-0.2, -0.15) is 0 Å². The van der Waals surface area contributed by atoms with Gasteiger partial charge in [0.25, 0.3) is 0 Å². The van der Waals surface area contributed by atoms with Crippen molar-refractivity contribution in [1.82, 2.24) is 4.90 Å². The minimum Gasteiger partial charge on any atom is -0.507 e. The second-order valence-electron chi connectivity index (χ2n) is 6.06. The average Bonchev–Trinajstić information content (AvgIpc) is 2.44. The van der Waals surface area contributed by atoms with Gasteiger partial charge in [0.1, 0.15) is 5.75 Å². The van der Waals surface area contributed by atoms with Crippen LogP contribution in [0, 0.1) is 5.92 Å². The topological polar surface area (TPSA) is 23.5 Å². The zero-order valence-corrected chi connectivity index (χ0v) is 12.9. The van der Waals surface area contributed by atoms with E-state index in [1.165, 1.54) is 6.42 Å². The summed E-state index contributed by atoms with van der Waals surface area (Å²) in [6.07, 6.45) is 1.18. The molecule has 0 fully saturated rings. The number of benzene rings is 2. The molecule has 0 heterocycles. The Kier molecular flexibility index (Phi) is 4.66. The van der Waals surface area contributed by atoms with E-state index in [0.29, 0.717) is 11.7 Å². The van der Waals surface area contributed by atoms with Gasteiger partial charge >= 0.3 is 0 Å². The highest BCUT2D eigenvalue weighted by Gasteiger charge is 2.16. The molecule has 1 atom stereocenters. The lowest BCUT2D eigenvalue weighted by Crippen LogP contribution is -2.24. The molecule has 2 nitrogen and oxygen atoms in total. The van der Waals surface area contributed by atoms with E-state index >= 15 is 0 Å². The van der Waals surface area contributed by atoms with Crippen LogP contribution in [0.2, 0.25) is 0 Å². The van der Waals surface area contributed by atoms with Crippen LogP contribution in [0.5, 0.6) is 5.75 Å². The molecule has 0 saturated heterocycles. The fourth-order valence-electron chi connectivity index (χ4n) is 2.50. The third kappa shape index (κ3) is 3.13. The molecule has 0 saturated carbocycles. The van der Waals surface area contributed by atoms with Crippen LogP contribution in [0.15, 0.2) is 36.4 Å². The molecular weight excluding hydrogens is 246 g/mol. The summed E-state index contributed by atoms with van der Waals surface area (Å²) in [5.41, 5.74) is 1.01. The van der Waals surface area contributed by atoms with E-state index in [0.717, 1.165) is 22.9 Å². The highest BCUT2D eigenvalue weighted by Crippen LogP contribution is 2.34. The third-order valence-corrected chi connectivity index (χ3v) is 4.10. The van der Waals surface area contributed by atoms with Crippen molar-refractivity contribution < 1.29 is 5.11 Å². The van der Waals surface area contributed by atoms with Gasteiger partial charge in [-0.25, -0.2) is 0 Å². The van der Waals surface area contributed by atoms with Crippen LogP contribution < -0.4 is 0 Å². The lowest BCUT2D eigenvalue weighted by molar-refractivity contribution is 0.242. The van der Waals surface area contributed by atoms with Crippen LogP contribution >= 0.6 is 0 Å². The van der Waals surface area contributed by atoms with Crippen molar-refractivity contribution in [2.24, 2.45) is 5.92 Å². The van der Waals surface area contributed by atoms with E-state index < -0.39 is 0 Å². The summed E-state index contributed by atoms with van der Waals surface area (Å²) >= 11 is 0. The molecule has 0 bridgehead atoms. The van der Waals surface area contributed by atoms with Crippen molar-refractivity contribution in [2.75, 3.05) is 13.6 Å². The van der Waals surface area contributed by atoms with Crippen molar-refractivity contribution >= 4 is 10.8 Å². The molecule has 2 heteroatoms. The molecule has 20 heavy (non-hydrogen) atoms. The molecule has 0 aliphatic rings. The number of fused-ring (bicyclic) bond motifs is 1. The second-order valence-corrected chi connectivity index (χ2v) is 6.06. The lowest BCUT2D eigenvalue weighted by Gasteiger charge is -2.26. The number of hydrogen-bond donors (Lipinski definition) is 1. The number of phenolic OH excluding ortho intramolecular Hbond substituents is 1. The third-order valence-electron chi connectivity index (χ3n) is 4.10. The van der Waals surface area contributed by atoms with Crippen molar-refractivity contribution in [2.45, 2.75) is 33.2 Å². The molecule has 0 aliphatic heterocycles. The number of aromatic hydroxyl groups is 1. The highest BCUT2D eigenvalue weighted by molar-refractivity contribution is 5.89. The second kappa shape index (κ2) is 6.27. The number of phenols is 1. The van der Waals surface area contributed by atoms with Crippen LogP contribution in [0.1, 0.15) is 38.8 Å². The Morgan fingerprint density at radius 1 is 1.05 bits per heavy atom. The number of nitrogens with zero attached hydrogens (tertiary/aromatic N) is 1.